The first-order chi connectivity index (χ1) is 9.58. The minimum atomic E-state index is -0.374. The zero-order chi connectivity index (χ0) is 14.5. The average molecular weight is 270 g/mol. The van der Waals surface area contributed by atoms with Crippen LogP contribution in [0.25, 0.3) is 0 Å². The number of hydrogen-bond donors (Lipinski definition) is 0. The highest BCUT2D eigenvalue weighted by atomic mass is 16.6. The maximum atomic E-state index is 10.7. The Hall–Kier alpha value is -2.36. The van der Waals surface area contributed by atoms with Crippen molar-refractivity contribution in [3.63, 3.8) is 0 Å². The molecule has 0 amide bonds. The zero-order valence-corrected chi connectivity index (χ0v) is 11.7. The Morgan fingerprint density at radius 3 is 2.15 bits per heavy atom. The van der Waals surface area contributed by atoms with E-state index in [1.165, 1.54) is 0 Å². The van der Waals surface area contributed by atoms with Crippen LogP contribution in [0.2, 0.25) is 0 Å². The van der Waals surface area contributed by atoms with Crippen molar-refractivity contribution in [2.24, 2.45) is 0 Å². The molecule has 0 heterocycles. The van der Waals surface area contributed by atoms with Crippen LogP contribution in [0, 0.1) is 10.1 Å². The van der Waals surface area contributed by atoms with Gasteiger partial charge in [-0.15, -0.1) is 0 Å². The Kier molecular flexibility index (Phi) is 4.35. The first kappa shape index (κ1) is 14.1. The molecule has 0 aliphatic carbocycles. The smallest absolute Gasteiger partial charge is 0.269 e. The second-order valence-corrected chi connectivity index (χ2v) is 4.98. The fraction of sp³-hybridized carbons (Fsp3) is 0.250. The molecule has 0 aliphatic rings. The number of hydrogen-bond acceptors (Lipinski definition) is 3. The van der Waals surface area contributed by atoms with Gasteiger partial charge in [-0.05, 0) is 31.5 Å². The predicted octanol–water partition coefficient (Wildman–Crippen LogP) is 4.01. The third-order valence-electron chi connectivity index (χ3n) is 3.21. The molecule has 2 rings (SSSR count). The first-order valence-electron chi connectivity index (χ1n) is 6.63. The van der Waals surface area contributed by atoms with Crippen LogP contribution in [0.5, 0.6) is 0 Å². The summed E-state index contributed by atoms with van der Waals surface area (Å²) in [6.45, 7) is 5.01. The lowest BCUT2D eigenvalue weighted by Crippen LogP contribution is -2.29. The first-order valence-corrected chi connectivity index (χ1v) is 6.63. The highest BCUT2D eigenvalue weighted by molar-refractivity contribution is 5.48. The summed E-state index contributed by atoms with van der Waals surface area (Å²) in [5, 5.41) is 10.7. The lowest BCUT2D eigenvalue weighted by molar-refractivity contribution is -0.384. The predicted molar refractivity (Wildman–Crippen MR) is 80.9 cm³/mol. The summed E-state index contributed by atoms with van der Waals surface area (Å²) in [6.07, 6.45) is 0. The third kappa shape index (κ3) is 3.35. The van der Waals surface area contributed by atoms with Gasteiger partial charge in [0.05, 0.1) is 4.92 Å². The van der Waals surface area contributed by atoms with Crippen LogP contribution in [0.4, 0.5) is 11.4 Å². The van der Waals surface area contributed by atoms with Crippen molar-refractivity contribution in [1.82, 2.24) is 0 Å². The fourth-order valence-corrected chi connectivity index (χ4v) is 2.11. The van der Waals surface area contributed by atoms with E-state index in [1.807, 2.05) is 30.3 Å². The highest BCUT2D eigenvalue weighted by Crippen LogP contribution is 2.20. The molecule has 0 bridgehead atoms. The molecule has 2 aromatic carbocycles. The number of nitrogens with zero attached hydrogens (tertiary/aromatic N) is 2. The van der Waals surface area contributed by atoms with Crippen molar-refractivity contribution in [2.45, 2.75) is 26.4 Å². The van der Waals surface area contributed by atoms with Crippen LogP contribution in [0.1, 0.15) is 19.4 Å². The number of benzene rings is 2. The second-order valence-electron chi connectivity index (χ2n) is 4.98. The molecular weight excluding hydrogens is 252 g/mol. The topological polar surface area (TPSA) is 46.4 Å². The second kappa shape index (κ2) is 6.19. The van der Waals surface area contributed by atoms with Crippen molar-refractivity contribution in [2.75, 3.05) is 4.90 Å². The Morgan fingerprint density at radius 1 is 1.05 bits per heavy atom. The summed E-state index contributed by atoms with van der Waals surface area (Å²) in [4.78, 5) is 12.6. The van der Waals surface area contributed by atoms with E-state index < -0.39 is 0 Å². The Labute approximate surface area is 118 Å². The molecule has 0 fully saturated rings. The van der Waals surface area contributed by atoms with E-state index in [2.05, 4.69) is 30.9 Å². The number of rotatable bonds is 5. The molecule has 0 aromatic heterocycles. The number of non-ortho nitro benzene ring substituents is 1. The lowest BCUT2D eigenvalue weighted by atomic mass is 10.1. The van der Waals surface area contributed by atoms with Crippen molar-refractivity contribution < 1.29 is 4.92 Å². The summed E-state index contributed by atoms with van der Waals surface area (Å²) >= 11 is 0. The van der Waals surface area contributed by atoms with Crippen LogP contribution in [-0.2, 0) is 6.54 Å². The molecule has 0 aliphatic heterocycles. The normalized spacial score (nSPS) is 10.6. The van der Waals surface area contributed by atoms with Gasteiger partial charge < -0.3 is 4.90 Å². The third-order valence-corrected chi connectivity index (χ3v) is 3.21. The Bertz CT molecular complexity index is 565. The van der Waals surface area contributed by atoms with Crippen LogP contribution in [-0.4, -0.2) is 11.0 Å². The van der Waals surface area contributed by atoms with Gasteiger partial charge in [0, 0.05) is 30.4 Å². The van der Waals surface area contributed by atoms with E-state index in [1.54, 1.807) is 12.1 Å². The molecule has 0 N–H and O–H groups in total. The van der Waals surface area contributed by atoms with Gasteiger partial charge in [0.2, 0.25) is 0 Å². The van der Waals surface area contributed by atoms with E-state index >= 15 is 0 Å². The molecule has 104 valence electrons. The van der Waals surface area contributed by atoms with E-state index in [9.17, 15) is 10.1 Å². The minimum absolute atomic E-state index is 0.129. The number of anilines is 1. The molecule has 2 aromatic rings. The Balaban J connectivity index is 2.19. The van der Waals surface area contributed by atoms with Crippen LogP contribution in [0.3, 0.4) is 0 Å². The molecule has 4 nitrogen and oxygen atoms in total. The lowest BCUT2D eigenvalue weighted by Gasteiger charge is -2.29. The van der Waals surface area contributed by atoms with E-state index in [0.29, 0.717) is 6.04 Å². The van der Waals surface area contributed by atoms with Crippen molar-refractivity contribution in [1.29, 1.82) is 0 Å². The van der Waals surface area contributed by atoms with E-state index in [-0.39, 0.29) is 10.6 Å². The maximum Gasteiger partial charge on any atom is 0.269 e. The molecule has 4 heteroatoms. The zero-order valence-electron chi connectivity index (χ0n) is 11.7. The van der Waals surface area contributed by atoms with Gasteiger partial charge in [0.1, 0.15) is 0 Å². The number of nitro groups is 1. The van der Waals surface area contributed by atoms with Gasteiger partial charge in [-0.1, -0.05) is 30.3 Å². The standard InChI is InChI=1S/C16H18N2O2/c1-13(2)17(15-6-4-3-5-7-15)12-14-8-10-16(11-9-14)18(19)20/h3-11,13H,12H2,1-2H3. The highest BCUT2D eigenvalue weighted by Gasteiger charge is 2.12. The van der Waals surface area contributed by atoms with Gasteiger partial charge in [-0.25, -0.2) is 0 Å². The maximum absolute atomic E-state index is 10.7. The van der Waals surface area contributed by atoms with Crippen molar-refractivity contribution in [3.05, 3.63) is 70.3 Å². The molecule has 0 atom stereocenters. The van der Waals surface area contributed by atoms with Crippen molar-refractivity contribution in [3.8, 4) is 0 Å². The average Bonchev–Trinajstić information content (AvgIpc) is 2.46. The largest absolute Gasteiger partial charge is 0.365 e. The molecule has 0 radical (unpaired) electrons. The number of para-hydroxylation sites is 1. The molecule has 0 saturated heterocycles. The summed E-state index contributed by atoms with van der Waals surface area (Å²) in [5.41, 5.74) is 2.35. The summed E-state index contributed by atoms with van der Waals surface area (Å²) < 4.78 is 0. The molecule has 0 saturated carbocycles. The minimum Gasteiger partial charge on any atom is -0.365 e. The number of nitro benzene ring substituents is 1. The summed E-state index contributed by atoms with van der Waals surface area (Å²) in [6, 6.07) is 17.3. The van der Waals surface area contributed by atoms with Crippen LogP contribution < -0.4 is 4.90 Å². The van der Waals surface area contributed by atoms with Gasteiger partial charge in [0.15, 0.2) is 0 Å². The molecule has 0 spiro atoms. The molecule has 20 heavy (non-hydrogen) atoms. The Morgan fingerprint density at radius 2 is 1.65 bits per heavy atom. The van der Waals surface area contributed by atoms with Gasteiger partial charge in [0.25, 0.3) is 5.69 Å². The van der Waals surface area contributed by atoms with E-state index in [0.717, 1.165) is 17.8 Å². The quantitative estimate of drug-likeness (QED) is 0.609. The molecular formula is C16H18N2O2. The van der Waals surface area contributed by atoms with Crippen molar-refractivity contribution >= 4 is 11.4 Å². The van der Waals surface area contributed by atoms with Crippen LogP contribution in [0.15, 0.2) is 54.6 Å². The van der Waals surface area contributed by atoms with E-state index in [4.69, 9.17) is 0 Å². The molecule has 0 unspecified atom stereocenters. The van der Waals surface area contributed by atoms with Gasteiger partial charge in [-0.3, -0.25) is 10.1 Å². The SMILES string of the molecule is CC(C)N(Cc1ccc([N+](=O)[O-])cc1)c1ccccc1. The van der Waals surface area contributed by atoms with Gasteiger partial charge in [-0.2, -0.15) is 0 Å². The van der Waals surface area contributed by atoms with Crippen LogP contribution >= 0.6 is 0 Å². The van der Waals surface area contributed by atoms with Gasteiger partial charge >= 0.3 is 0 Å². The fourth-order valence-electron chi connectivity index (χ4n) is 2.11. The summed E-state index contributed by atoms with van der Waals surface area (Å²) in [5.74, 6) is 0. The monoisotopic (exact) mass is 270 g/mol. The summed E-state index contributed by atoms with van der Waals surface area (Å²) in [7, 11) is 0.